The predicted molar refractivity (Wildman–Crippen MR) is 78.6 cm³/mol. The van der Waals surface area contributed by atoms with E-state index in [-0.39, 0.29) is 15.8 Å². The zero-order valence-electron chi connectivity index (χ0n) is 10.6. The van der Waals surface area contributed by atoms with E-state index in [0.717, 1.165) is 37.0 Å². The molecule has 2 saturated carbocycles. The molecule has 0 amide bonds. The number of carboxylic acid groups (broad SMARTS) is 1. The number of halogens is 1. The third kappa shape index (κ3) is 2.79. The Labute approximate surface area is 129 Å². The highest BCUT2D eigenvalue weighted by Crippen LogP contribution is 2.41. The van der Waals surface area contributed by atoms with Gasteiger partial charge in [0.1, 0.15) is 9.77 Å². The van der Waals surface area contributed by atoms with E-state index in [9.17, 15) is 13.2 Å². The largest absolute Gasteiger partial charge is 0.477 e. The highest BCUT2D eigenvalue weighted by atomic mass is 79.9. The minimum Gasteiger partial charge on any atom is -0.477 e. The predicted octanol–water partition coefficient (Wildman–Crippen LogP) is 2.77. The summed E-state index contributed by atoms with van der Waals surface area (Å²) in [4.78, 5) is 11.1. The second kappa shape index (κ2) is 5.08. The molecule has 0 radical (unpaired) electrons. The van der Waals surface area contributed by atoms with Crippen LogP contribution in [0.3, 0.4) is 0 Å². The van der Waals surface area contributed by atoms with Gasteiger partial charge in [0.15, 0.2) is 0 Å². The van der Waals surface area contributed by atoms with Gasteiger partial charge in [0, 0.05) is 12.6 Å². The van der Waals surface area contributed by atoms with E-state index in [2.05, 4.69) is 15.9 Å². The van der Waals surface area contributed by atoms with Crippen molar-refractivity contribution in [1.82, 2.24) is 4.31 Å². The fourth-order valence-corrected chi connectivity index (χ4v) is 6.24. The minimum atomic E-state index is -3.60. The zero-order chi connectivity index (χ0) is 14.5. The molecule has 0 unspecified atom stereocenters. The Morgan fingerprint density at radius 2 is 2.05 bits per heavy atom. The van der Waals surface area contributed by atoms with Crippen LogP contribution in [0.25, 0.3) is 0 Å². The number of thiophene rings is 1. The van der Waals surface area contributed by atoms with Crippen LogP contribution >= 0.6 is 27.3 Å². The monoisotopic (exact) mass is 379 g/mol. The number of carbonyl (C=O) groups is 1. The van der Waals surface area contributed by atoms with E-state index in [4.69, 9.17) is 5.11 Å². The molecule has 8 heteroatoms. The third-order valence-corrected chi connectivity index (χ3v) is 7.70. The Hall–Kier alpha value is -0.440. The van der Waals surface area contributed by atoms with E-state index in [1.807, 2.05) is 0 Å². The summed E-state index contributed by atoms with van der Waals surface area (Å²) in [5.74, 6) is -0.626. The molecular formula is C12H14BrNO4S2. The highest BCUT2D eigenvalue weighted by Gasteiger charge is 2.42. The second-order valence-electron chi connectivity index (χ2n) is 5.30. The lowest BCUT2D eigenvalue weighted by Gasteiger charge is -2.21. The summed E-state index contributed by atoms with van der Waals surface area (Å²) in [5.41, 5.74) is 0. The quantitative estimate of drug-likeness (QED) is 0.824. The number of aromatic carboxylic acids is 1. The molecule has 0 spiro atoms. The molecule has 1 N–H and O–H groups in total. The lowest BCUT2D eigenvalue weighted by Crippen LogP contribution is -2.34. The second-order valence-corrected chi connectivity index (χ2v) is 9.53. The standard InChI is InChI=1S/C12H14BrNO4S2/c13-11-10(5-9(19-11)12(15)16)20(17,18)14(8-3-4-8)6-7-1-2-7/h5,7-8H,1-4,6H2,(H,15,16). The van der Waals surface area contributed by atoms with Crippen LogP contribution in [0.4, 0.5) is 0 Å². The van der Waals surface area contributed by atoms with Crippen LogP contribution in [0.1, 0.15) is 35.4 Å². The van der Waals surface area contributed by atoms with E-state index >= 15 is 0 Å². The Morgan fingerprint density at radius 1 is 1.40 bits per heavy atom. The molecule has 0 aromatic carbocycles. The van der Waals surface area contributed by atoms with E-state index in [0.29, 0.717) is 16.2 Å². The van der Waals surface area contributed by atoms with Crippen molar-refractivity contribution in [3.63, 3.8) is 0 Å². The molecule has 0 saturated heterocycles. The fraction of sp³-hybridized carbons (Fsp3) is 0.583. The van der Waals surface area contributed by atoms with Gasteiger partial charge in [-0.05, 0) is 53.6 Å². The van der Waals surface area contributed by atoms with Gasteiger partial charge in [-0.2, -0.15) is 4.31 Å². The summed E-state index contributed by atoms with van der Waals surface area (Å²) in [7, 11) is -3.60. The van der Waals surface area contributed by atoms with Gasteiger partial charge in [-0.15, -0.1) is 11.3 Å². The van der Waals surface area contributed by atoms with Gasteiger partial charge in [-0.3, -0.25) is 0 Å². The van der Waals surface area contributed by atoms with E-state index < -0.39 is 16.0 Å². The van der Waals surface area contributed by atoms with Gasteiger partial charge >= 0.3 is 5.97 Å². The number of carboxylic acids is 1. The van der Waals surface area contributed by atoms with Crippen LogP contribution in [0, 0.1) is 5.92 Å². The molecule has 2 aliphatic rings. The van der Waals surface area contributed by atoms with Crippen molar-refractivity contribution in [3.8, 4) is 0 Å². The molecule has 0 atom stereocenters. The van der Waals surface area contributed by atoms with E-state index in [1.54, 1.807) is 4.31 Å². The molecule has 20 heavy (non-hydrogen) atoms. The number of hydrogen-bond donors (Lipinski definition) is 1. The number of sulfonamides is 1. The van der Waals surface area contributed by atoms with Crippen LogP contribution in [-0.4, -0.2) is 36.4 Å². The highest BCUT2D eigenvalue weighted by molar-refractivity contribution is 9.11. The summed E-state index contributed by atoms with van der Waals surface area (Å²) in [5, 5.41) is 8.99. The van der Waals surface area contributed by atoms with Crippen molar-refractivity contribution in [2.75, 3.05) is 6.54 Å². The Bertz CT molecular complexity index is 646. The summed E-state index contributed by atoms with van der Waals surface area (Å²) < 4.78 is 27.4. The first-order valence-electron chi connectivity index (χ1n) is 6.44. The van der Waals surface area contributed by atoms with Crippen molar-refractivity contribution < 1.29 is 18.3 Å². The topological polar surface area (TPSA) is 74.7 Å². The molecule has 3 rings (SSSR count). The van der Waals surface area contributed by atoms with Crippen LogP contribution in [0.15, 0.2) is 14.7 Å². The maximum Gasteiger partial charge on any atom is 0.345 e. The van der Waals surface area contributed by atoms with Crippen LogP contribution in [0.5, 0.6) is 0 Å². The first-order chi connectivity index (χ1) is 9.39. The van der Waals surface area contributed by atoms with Gasteiger partial charge in [0.05, 0.1) is 3.79 Å². The Morgan fingerprint density at radius 3 is 2.50 bits per heavy atom. The molecule has 110 valence electrons. The zero-order valence-corrected chi connectivity index (χ0v) is 13.8. The molecule has 0 bridgehead atoms. The van der Waals surface area contributed by atoms with Gasteiger partial charge in [0.2, 0.25) is 10.0 Å². The first-order valence-corrected chi connectivity index (χ1v) is 9.49. The Balaban J connectivity index is 1.94. The molecule has 1 aromatic rings. The molecule has 2 aliphatic carbocycles. The van der Waals surface area contributed by atoms with Gasteiger partial charge < -0.3 is 5.11 Å². The first kappa shape index (κ1) is 14.5. The molecular weight excluding hydrogens is 366 g/mol. The number of rotatable bonds is 6. The lowest BCUT2D eigenvalue weighted by atomic mass is 10.4. The van der Waals surface area contributed by atoms with Crippen LogP contribution in [-0.2, 0) is 10.0 Å². The van der Waals surface area contributed by atoms with Crippen LogP contribution in [0.2, 0.25) is 0 Å². The maximum atomic E-state index is 12.7. The van der Waals surface area contributed by atoms with Crippen molar-refractivity contribution in [2.24, 2.45) is 5.92 Å². The van der Waals surface area contributed by atoms with E-state index in [1.165, 1.54) is 6.07 Å². The van der Waals surface area contributed by atoms with Gasteiger partial charge in [-0.1, -0.05) is 0 Å². The van der Waals surface area contributed by atoms with Crippen molar-refractivity contribution in [1.29, 1.82) is 0 Å². The van der Waals surface area contributed by atoms with Crippen molar-refractivity contribution >= 4 is 43.3 Å². The Kier molecular flexibility index (Phi) is 3.68. The maximum absolute atomic E-state index is 12.7. The normalized spacial score (nSPS) is 19.5. The SMILES string of the molecule is O=C(O)c1cc(S(=O)(=O)N(CC2CC2)C2CC2)c(Br)s1. The third-order valence-electron chi connectivity index (χ3n) is 3.54. The summed E-state index contributed by atoms with van der Waals surface area (Å²) in [6.45, 7) is 0.567. The lowest BCUT2D eigenvalue weighted by molar-refractivity contribution is 0.0702. The average Bonchev–Trinajstić information content (AvgIpc) is 3.25. The van der Waals surface area contributed by atoms with Crippen molar-refractivity contribution in [2.45, 2.75) is 36.6 Å². The molecule has 0 aliphatic heterocycles. The summed E-state index contributed by atoms with van der Waals surface area (Å²) in [6, 6.07) is 1.36. The molecule has 2 fully saturated rings. The smallest absolute Gasteiger partial charge is 0.345 e. The number of hydrogen-bond acceptors (Lipinski definition) is 4. The average molecular weight is 380 g/mol. The molecule has 5 nitrogen and oxygen atoms in total. The summed E-state index contributed by atoms with van der Waals surface area (Å²) in [6.07, 6.45) is 3.98. The van der Waals surface area contributed by atoms with Gasteiger partial charge in [-0.25, -0.2) is 13.2 Å². The summed E-state index contributed by atoms with van der Waals surface area (Å²) >= 11 is 4.13. The minimum absolute atomic E-state index is 0.0395. The van der Waals surface area contributed by atoms with Gasteiger partial charge in [0.25, 0.3) is 0 Å². The fourth-order valence-electron chi connectivity index (χ4n) is 2.12. The number of nitrogens with zero attached hydrogens (tertiary/aromatic N) is 1. The molecule has 1 heterocycles. The van der Waals surface area contributed by atoms with Crippen molar-refractivity contribution in [3.05, 3.63) is 14.7 Å². The van der Waals surface area contributed by atoms with Crippen LogP contribution < -0.4 is 0 Å². The molecule has 1 aromatic heterocycles.